The zero-order valence-electron chi connectivity index (χ0n) is 38.4. The molecule has 2 N–H and O–H groups in total. The van der Waals surface area contributed by atoms with Crippen molar-refractivity contribution in [2.24, 2.45) is 0 Å². The van der Waals surface area contributed by atoms with E-state index >= 15 is 0 Å². The molecule has 332 valence electrons. The van der Waals surface area contributed by atoms with Crippen LogP contribution >= 0.6 is 0 Å². The summed E-state index contributed by atoms with van der Waals surface area (Å²) in [4.78, 5) is 0. The van der Waals surface area contributed by atoms with Crippen molar-refractivity contribution in [3.8, 4) is 0 Å². The second-order valence-corrected chi connectivity index (χ2v) is 16.1. The van der Waals surface area contributed by atoms with Crippen LogP contribution in [0, 0.1) is 0 Å². The Hall–Kier alpha value is -2.33. The van der Waals surface area contributed by atoms with Gasteiger partial charge in [-0.1, -0.05) is 186 Å². The Bertz CT molecular complexity index is 1360. The van der Waals surface area contributed by atoms with E-state index in [1.165, 1.54) is 162 Å². The van der Waals surface area contributed by atoms with Gasteiger partial charge in [0.05, 0.1) is 5.57 Å². The van der Waals surface area contributed by atoms with Gasteiger partial charge in [-0.25, -0.2) is 4.70 Å². The summed E-state index contributed by atoms with van der Waals surface area (Å²) >= 11 is 0. The quantitative estimate of drug-likeness (QED) is 0.0467. The Morgan fingerprint density at radius 3 is 1.22 bits per heavy atom. The van der Waals surface area contributed by atoms with Crippen LogP contribution in [0.25, 0.3) is 16.9 Å². The van der Waals surface area contributed by atoms with E-state index in [0.717, 1.165) is 61.0 Å². The van der Waals surface area contributed by atoms with E-state index in [2.05, 4.69) is 88.4 Å². The summed E-state index contributed by atoms with van der Waals surface area (Å²) in [5.41, 5.74) is 21.4. The van der Waals surface area contributed by atoms with Crippen molar-refractivity contribution in [2.75, 3.05) is 13.2 Å². The average molecular weight is 844 g/mol. The van der Waals surface area contributed by atoms with Gasteiger partial charge in [-0.05, 0) is 101 Å². The van der Waals surface area contributed by atoms with E-state index in [4.69, 9.17) is 10.2 Å². The molecule has 58 heavy (non-hydrogen) atoms. The van der Waals surface area contributed by atoms with Crippen LogP contribution < -0.4 is 0 Å². The molecule has 2 aromatic carbocycles. The molecule has 0 unspecified atom stereocenters. The zero-order valence-corrected chi connectivity index (χ0v) is 39.4. The van der Waals surface area contributed by atoms with E-state index in [1.54, 1.807) is 13.8 Å². The summed E-state index contributed by atoms with van der Waals surface area (Å²) in [6.07, 6.45) is 39.8. The largest absolute Gasteiger partial charge is 0.493 e. The molecular formula is C53H88N2NiO2. The van der Waals surface area contributed by atoms with Gasteiger partial charge in [0, 0.05) is 46.4 Å². The maximum Gasteiger partial charge on any atom is 0.215 e. The van der Waals surface area contributed by atoms with Crippen LogP contribution in [0.2, 0.25) is 0 Å². The number of aliphatic hydroxyl groups is 2. The van der Waals surface area contributed by atoms with Crippen LogP contribution in [0.3, 0.4) is 0 Å². The third-order valence-corrected chi connectivity index (χ3v) is 10.9. The fraction of sp³-hybridized carbons (Fsp3) is 0.660. The first kappa shape index (κ1) is 55.7. The van der Waals surface area contributed by atoms with E-state index in [-0.39, 0.29) is 29.7 Å². The van der Waals surface area contributed by atoms with Gasteiger partial charge in [-0.3, -0.25) is 0 Å². The zero-order chi connectivity index (χ0) is 41.8. The fourth-order valence-corrected chi connectivity index (χ4v) is 7.61. The van der Waals surface area contributed by atoms with Crippen molar-refractivity contribution in [2.45, 2.75) is 215 Å². The summed E-state index contributed by atoms with van der Waals surface area (Å²) in [5.74, 6) is 0. The summed E-state index contributed by atoms with van der Waals surface area (Å²) in [6.45, 7) is 13.0. The molecule has 1 aliphatic rings. The number of aryl methyl sites for hydroxylation is 2. The minimum Gasteiger partial charge on any atom is -0.493 e. The van der Waals surface area contributed by atoms with Gasteiger partial charge in [0.25, 0.3) is 0 Å². The molecule has 0 bridgehead atoms. The van der Waals surface area contributed by atoms with Crippen molar-refractivity contribution < 1.29 is 31.4 Å². The molecule has 0 fully saturated rings. The standard InChI is InChI=1S/C49H76N2.2C2H6O.Ni/c1-5-9-13-15-16-17-18-19-20-21-22-23-24-25-26-27-29-33-47-46(32-12-8-4)48(44-38-34-42(35-39-44)30-11-7-3)51(50)49(47)45-40-36-43(37-41-45)31-28-14-10-6-2;2*1-2-3;/h29,33-41H,5-28,30-32H2,1-4H3;2*3H,2H2,1H3;. The molecule has 1 heterocycles. The molecule has 0 atom stereocenters. The number of benzene rings is 2. The summed E-state index contributed by atoms with van der Waals surface area (Å²) in [7, 11) is 0. The number of unbranched alkanes of at least 4 members (excludes halogenated alkanes) is 20. The molecule has 0 radical (unpaired) electrons. The second kappa shape index (κ2) is 38.8. The van der Waals surface area contributed by atoms with Crippen molar-refractivity contribution >= 4 is 11.4 Å². The topological polar surface area (TPSA) is 65.8 Å². The molecule has 2 aromatic rings. The van der Waals surface area contributed by atoms with Crippen molar-refractivity contribution in [1.29, 1.82) is 0 Å². The van der Waals surface area contributed by atoms with Crippen LogP contribution in [0.1, 0.15) is 224 Å². The summed E-state index contributed by atoms with van der Waals surface area (Å²) < 4.78 is 1.52. The van der Waals surface area contributed by atoms with Gasteiger partial charge in [0.15, 0.2) is 0 Å². The van der Waals surface area contributed by atoms with Gasteiger partial charge in [-0.15, -0.1) is 0 Å². The van der Waals surface area contributed by atoms with Crippen molar-refractivity contribution in [1.82, 2.24) is 0 Å². The Morgan fingerprint density at radius 2 is 0.793 bits per heavy atom. The molecule has 0 amide bonds. The maximum absolute atomic E-state index is 12.0. The van der Waals surface area contributed by atoms with Crippen LogP contribution in [0.5, 0.6) is 0 Å². The molecule has 4 nitrogen and oxygen atoms in total. The Balaban J connectivity index is 0.00000436. The van der Waals surface area contributed by atoms with Crippen LogP contribution in [0.15, 0.2) is 71.8 Å². The van der Waals surface area contributed by atoms with Gasteiger partial charge in [0.1, 0.15) is 0 Å². The van der Waals surface area contributed by atoms with Gasteiger partial charge < -0.3 is 15.7 Å². The number of allylic oxidation sites excluding steroid dienone is 4. The molecule has 0 spiro atoms. The number of rotatable bonds is 30. The SMILES string of the molecule is CCCCCCCCCCCCCCCCCC=CC1=C(c2ccc(CCCCCC)cc2)[N+](=[N-])C(c2ccc(CCCC)cc2)=C1CCCC.CCO.CCO.[Ni]. The van der Waals surface area contributed by atoms with E-state index in [1.807, 2.05) is 0 Å². The van der Waals surface area contributed by atoms with Gasteiger partial charge in [0.2, 0.25) is 11.4 Å². The van der Waals surface area contributed by atoms with E-state index in [0.29, 0.717) is 0 Å². The Kier molecular flexibility index (Phi) is 37.3. The normalized spacial score (nSPS) is 12.4. The molecule has 0 saturated carbocycles. The second-order valence-electron chi connectivity index (χ2n) is 16.1. The molecule has 3 rings (SSSR count). The first-order valence-electron chi connectivity index (χ1n) is 24.0. The maximum atomic E-state index is 12.0. The summed E-state index contributed by atoms with van der Waals surface area (Å²) in [5, 5.41) is 15.1. The van der Waals surface area contributed by atoms with Crippen molar-refractivity contribution in [3.05, 3.63) is 99.6 Å². The molecule has 0 saturated heterocycles. The predicted octanol–water partition coefficient (Wildman–Crippen LogP) is 16.3. The predicted molar refractivity (Wildman–Crippen MR) is 251 cm³/mol. The Labute approximate surface area is 368 Å². The smallest absolute Gasteiger partial charge is 0.215 e. The number of aliphatic hydroxyl groups excluding tert-OH is 2. The van der Waals surface area contributed by atoms with Crippen LogP contribution in [-0.2, 0) is 29.3 Å². The van der Waals surface area contributed by atoms with E-state index < -0.39 is 0 Å². The monoisotopic (exact) mass is 843 g/mol. The molecule has 1 aliphatic heterocycles. The number of nitrogens with zero attached hydrogens (tertiary/aromatic N) is 2. The molecule has 5 heteroatoms. The van der Waals surface area contributed by atoms with Gasteiger partial charge >= 0.3 is 0 Å². The third-order valence-electron chi connectivity index (χ3n) is 10.9. The first-order valence-corrected chi connectivity index (χ1v) is 24.0. The minimum absolute atomic E-state index is 0. The Morgan fingerprint density at radius 1 is 0.448 bits per heavy atom. The minimum atomic E-state index is 0. The first-order chi connectivity index (χ1) is 28.0. The third kappa shape index (κ3) is 24.1. The van der Waals surface area contributed by atoms with Gasteiger partial charge in [-0.2, -0.15) is 0 Å². The summed E-state index contributed by atoms with van der Waals surface area (Å²) in [6, 6.07) is 18.0. The van der Waals surface area contributed by atoms with Crippen LogP contribution in [0.4, 0.5) is 0 Å². The molecule has 0 aliphatic carbocycles. The van der Waals surface area contributed by atoms with Crippen molar-refractivity contribution in [3.63, 3.8) is 0 Å². The average Bonchev–Trinajstić information content (AvgIpc) is 3.50. The fourth-order valence-electron chi connectivity index (χ4n) is 7.61. The number of hydrogen-bond acceptors (Lipinski definition) is 2. The van der Waals surface area contributed by atoms with Crippen LogP contribution in [-0.4, -0.2) is 28.1 Å². The molecule has 0 aromatic heterocycles. The molecular weight excluding hydrogens is 755 g/mol. The number of hydrogen-bond donors (Lipinski definition) is 2. The van der Waals surface area contributed by atoms with E-state index in [9.17, 15) is 5.53 Å².